The molecule has 0 amide bonds. The molecular weight excluding hydrogens is 477 g/mol. The van der Waals surface area contributed by atoms with Crippen molar-refractivity contribution in [3.63, 3.8) is 0 Å². The Morgan fingerprint density at radius 3 is 2.20 bits per heavy atom. The van der Waals surface area contributed by atoms with E-state index in [0.717, 1.165) is 34.7 Å². The van der Waals surface area contributed by atoms with Gasteiger partial charge in [0.2, 0.25) is 0 Å². The number of para-hydroxylation sites is 1. The van der Waals surface area contributed by atoms with Crippen molar-refractivity contribution in [2.45, 2.75) is 39.5 Å². The number of rotatable bonds is 9. The van der Waals surface area contributed by atoms with Crippen molar-refractivity contribution in [1.82, 2.24) is 14.7 Å². The third-order valence-corrected chi connectivity index (χ3v) is 6.88. The summed E-state index contributed by atoms with van der Waals surface area (Å²) in [5, 5.41) is 6.41. The molecule has 0 radical (unpaired) electrons. The number of aromatic nitrogens is 2. The molecule has 1 aromatic heterocycles. The molecule has 4 rings (SSSR count). The highest BCUT2D eigenvalue weighted by atomic mass is 35.5. The summed E-state index contributed by atoms with van der Waals surface area (Å²) < 4.78 is 7.98. The maximum atomic E-state index is 6.61. The van der Waals surface area contributed by atoms with Crippen molar-refractivity contribution in [1.29, 1.82) is 0 Å². The molecule has 0 N–H and O–H groups in total. The van der Waals surface area contributed by atoms with Crippen molar-refractivity contribution in [3.05, 3.63) is 106 Å². The quantitative estimate of drug-likeness (QED) is 0.232. The van der Waals surface area contributed by atoms with Crippen LogP contribution in [0.1, 0.15) is 36.8 Å². The van der Waals surface area contributed by atoms with Gasteiger partial charge >= 0.3 is 0 Å². The van der Waals surface area contributed by atoms with E-state index in [4.69, 9.17) is 33.0 Å². The van der Waals surface area contributed by atoms with Crippen molar-refractivity contribution < 1.29 is 4.74 Å². The van der Waals surface area contributed by atoms with Gasteiger partial charge in [-0.15, -0.1) is 0 Å². The molecule has 0 bridgehead atoms. The first-order valence-corrected chi connectivity index (χ1v) is 12.6. The SMILES string of the molecule is COC(CN(Cc1ccccc1)C(C)C)c1nn(-c2ccccc2Cl)c(-c2ccc(Cl)cc2)c1C. The largest absolute Gasteiger partial charge is 0.374 e. The third-order valence-electron chi connectivity index (χ3n) is 6.31. The first kappa shape index (κ1) is 25.5. The monoisotopic (exact) mass is 507 g/mol. The lowest BCUT2D eigenvalue weighted by atomic mass is 10.0. The van der Waals surface area contributed by atoms with Gasteiger partial charge in [-0.1, -0.05) is 77.8 Å². The minimum absolute atomic E-state index is 0.212. The van der Waals surface area contributed by atoms with Gasteiger partial charge in [-0.2, -0.15) is 5.10 Å². The fraction of sp³-hybridized carbons (Fsp3) is 0.276. The van der Waals surface area contributed by atoms with Crippen molar-refractivity contribution in [2.24, 2.45) is 0 Å². The summed E-state index contributed by atoms with van der Waals surface area (Å²) in [7, 11) is 1.75. The summed E-state index contributed by atoms with van der Waals surface area (Å²) in [6.07, 6.45) is -0.212. The first-order valence-electron chi connectivity index (χ1n) is 11.8. The molecule has 4 nitrogen and oxygen atoms in total. The minimum Gasteiger partial charge on any atom is -0.374 e. The molecular formula is C29H31Cl2N3O. The molecule has 3 aromatic carbocycles. The van der Waals surface area contributed by atoms with Crippen LogP contribution in [0.3, 0.4) is 0 Å². The lowest BCUT2D eigenvalue weighted by molar-refractivity contribution is 0.0463. The number of hydrogen-bond donors (Lipinski definition) is 0. The van der Waals surface area contributed by atoms with E-state index in [-0.39, 0.29) is 6.10 Å². The third kappa shape index (κ3) is 5.79. The van der Waals surface area contributed by atoms with Crippen molar-refractivity contribution >= 4 is 23.2 Å². The van der Waals surface area contributed by atoms with Gasteiger partial charge in [-0.05, 0) is 50.6 Å². The van der Waals surface area contributed by atoms with Crippen LogP contribution < -0.4 is 0 Å². The van der Waals surface area contributed by atoms with E-state index < -0.39 is 0 Å². The summed E-state index contributed by atoms with van der Waals surface area (Å²) in [5.74, 6) is 0. The zero-order valence-electron chi connectivity index (χ0n) is 20.6. The molecule has 0 fully saturated rings. The van der Waals surface area contributed by atoms with E-state index in [2.05, 4.69) is 49.9 Å². The van der Waals surface area contributed by atoms with Crippen LogP contribution in [-0.4, -0.2) is 34.4 Å². The normalized spacial score (nSPS) is 12.5. The second-order valence-electron chi connectivity index (χ2n) is 8.96. The van der Waals surface area contributed by atoms with E-state index in [1.165, 1.54) is 5.56 Å². The Balaban J connectivity index is 1.77. The summed E-state index contributed by atoms with van der Waals surface area (Å²) >= 11 is 12.8. The fourth-order valence-corrected chi connectivity index (χ4v) is 4.67. The zero-order chi connectivity index (χ0) is 24.9. The maximum Gasteiger partial charge on any atom is 0.114 e. The van der Waals surface area contributed by atoms with Crippen LogP contribution in [0.5, 0.6) is 0 Å². The van der Waals surface area contributed by atoms with Crippen LogP contribution >= 0.6 is 23.2 Å². The van der Waals surface area contributed by atoms with Gasteiger partial charge in [0.1, 0.15) is 6.10 Å². The molecule has 0 saturated heterocycles. The summed E-state index contributed by atoms with van der Waals surface area (Å²) in [4.78, 5) is 2.42. The zero-order valence-corrected chi connectivity index (χ0v) is 22.1. The Labute approximate surface area is 218 Å². The average molecular weight is 508 g/mol. The lowest BCUT2D eigenvalue weighted by Gasteiger charge is -2.30. The van der Waals surface area contributed by atoms with E-state index in [9.17, 15) is 0 Å². The molecule has 0 aliphatic heterocycles. The Kier molecular flexibility index (Phi) is 8.30. The minimum atomic E-state index is -0.212. The van der Waals surface area contributed by atoms with Crippen LogP contribution in [-0.2, 0) is 11.3 Å². The van der Waals surface area contributed by atoms with E-state index in [0.29, 0.717) is 22.6 Å². The van der Waals surface area contributed by atoms with Gasteiger partial charge in [0.15, 0.2) is 0 Å². The molecule has 6 heteroatoms. The molecule has 1 heterocycles. The van der Waals surface area contributed by atoms with Crippen LogP contribution in [0, 0.1) is 6.92 Å². The molecule has 0 saturated carbocycles. The number of hydrogen-bond acceptors (Lipinski definition) is 3. The predicted octanol–water partition coefficient (Wildman–Crippen LogP) is 7.75. The topological polar surface area (TPSA) is 30.3 Å². The van der Waals surface area contributed by atoms with Crippen molar-refractivity contribution in [2.75, 3.05) is 13.7 Å². The molecule has 0 aliphatic carbocycles. The highest BCUT2D eigenvalue weighted by molar-refractivity contribution is 6.32. The Morgan fingerprint density at radius 1 is 0.914 bits per heavy atom. The molecule has 0 aliphatic rings. The van der Waals surface area contributed by atoms with Gasteiger partial charge < -0.3 is 4.74 Å². The molecule has 0 spiro atoms. The van der Waals surface area contributed by atoms with E-state index >= 15 is 0 Å². The average Bonchev–Trinajstić information content (AvgIpc) is 3.19. The number of methoxy groups -OCH3 is 1. The molecule has 4 aromatic rings. The number of nitrogens with zero attached hydrogens (tertiary/aromatic N) is 3. The highest BCUT2D eigenvalue weighted by Crippen LogP contribution is 2.35. The van der Waals surface area contributed by atoms with Gasteiger partial charge in [0.25, 0.3) is 0 Å². The number of halogens is 2. The first-order chi connectivity index (χ1) is 16.9. The van der Waals surface area contributed by atoms with Crippen molar-refractivity contribution in [3.8, 4) is 16.9 Å². The standard InChI is InChI=1S/C29H31Cl2N3O/c1-20(2)33(18-22-10-6-5-7-11-22)19-27(35-4)28-21(3)29(23-14-16-24(30)17-15-23)34(32-28)26-13-9-8-12-25(26)31/h5-17,20,27H,18-19H2,1-4H3. The molecule has 35 heavy (non-hydrogen) atoms. The van der Waals surface area contributed by atoms with Crippen LogP contribution in [0.15, 0.2) is 78.9 Å². The second kappa shape index (κ2) is 11.4. The van der Waals surface area contributed by atoms with E-state index in [1.54, 1.807) is 7.11 Å². The Hall–Kier alpha value is -2.63. The van der Waals surface area contributed by atoms with Gasteiger partial charge in [0.05, 0.1) is 22.1 Å². The second-order valence-corrected chi connectivity index (χ2v) is 9.81. The predicted molar refractivity (Wildman–Crippen MR) is 145 cm³/mol. The summed E-state index contributed by atoms with van der Waals surface area (Å²) in [6, 6.07) is 26.4. The van der Waals surface area contributed by atoms with Crippen LogP contribution in [0.4, 0.5) is 0 Å². The number of ether oxygens (including phenoxy) is 1. The smallest absolute Gasteiger partial charge is 0.114 e. The number of benzene rings is 3. The van der Waals surface area contributed by atoms with Gasteiger partial charge in [-0.3, -0.25) is 4.90 Å². The molecule has 1 unspecified atom stereocenters. The summed E-state index contributed by atoms with van der Waals surface area (Å²) in [5.41, 5.74) is 6.06. The van der Waals surface area contributed by atoms with Crippen LogP contribution in [0.2, 0.25) is 10.0 Å². The Bertz CT molecular complexity index is 1250. The lowest BCUT2D eigenvalue weighted by Crippen LogP contribution is -2.35. The Morgan fingerprint density at radius 2 is 1.57 bits per heavy atom. The highest BCUT2D eigenvalue weighted by Gasteiger charge is 2.27. The summed E-state index contributed by atoms with van der Waals surface area (Å²) in [6.45, 7) is 8.08. The maximum absolute atomic E-state index is 6.61. The molecule has 1 atom stereocenters. The van der Waals surface area contributed by atoms with Crippen LogP contribution in [0.25, 0.3) is 16.9 Å². The molecule has 182 valence electrons. The van der Waals surface area contributed by atoms with Gasteiger partial charge in [-0.25, -0.2) is 4.68 Å². The fourth-order valence-electron chi connectivity index (χ4n) is 4.32. The van der Waals surface area contributed by atoms with E-state index in [1.807, 2.05) is 59.3 Å². The van der Waals surface area contributed by atoms with Gasteiger partial charge in [0, 0.05) is 42.4 Å².